The van der Waals surface area contributed by atoms with E-state index in [-0.39, 0.29) is 29.4 Å². The Morgan fingerprint density at radius 3 is 2.97 bits per heavy atom. The van der Waals surface area contributed by atoms with Crippen LogP contribution in [0.3, 0.4) is 0 Å². The van der Waals surface area contributed by atoms with E-state index < -0.39 is 0 Å². The fourth-order valence-corrected chi connectivity index (χ4v) is 4.45. The van der Waals surface area contributed by atoms with Crippen LogP contribution >= 0.6 is 11.8 Å². The van der Waals surface area contributed by atoms with Gasteiger partial charge in [-0.25, -0.2) is 4.98 Å². The fraction of sp³-hybridized carbons (Fsp3) is 0.591. The maximum absolute atomic E-state index is 13.1. The van der Waals surface area contributed by atoms with Gasteiger partial charge in [0.25, 0.3) is 5.56 Å². The number of hydrogen-bond acceptors (Lipinski definition) is 5. The van der Waals surface area contributed by atoms with Crippen LogP contribution in [0.1, 0.15) is 52.4 Å². The maximum Gasteiger partial charge on any atom is 0.262 e. The van der Waals surface area contributed by atoms with E-state index in [4.69, 9.17) is 4.74 Å². The van der Waals surface area contributed by atoms with E-state index in [1.54, 1.807) is 10.6 Å². The molecule has 2 aromatic rings. The van der Waals surface area contributed by atoms with Gasteiger partial charge in [-0.05, 0) is 38.3 Å². The van der Waals surface area contributed by atoms with E-state index in [2.05, 4.69) is 17.2 Å². The maximum atomic E-state index is 13.1. The number of ether oxygens (including phenoxy) is 1. The SMILES string of the molecule is CCCCC[C@H](C)NC(=O)CSc1nc2ccccc2c(=O)n1C[C@@H]1CCCO1. The molecule has 1 N–H and O–H groups in total. The Morgan fingerprint density at radius 2 is 2.21 bits per heavy atom. The number of rotatable bonds is 10. The number of carbonyl (C=O) groups excluding carboxylic acids is 1. The average Bonchev–Trinajstić information content (AvgIpc) is 3.22. The second-order valence-corrected chi connectivity index (χ2v) is 8.66. The van der Waals surface area contributed by atoms with Crippen LogP contribution in [0.4, 0.5) is 0 Å². The van der Waals surface area contributed by atoms with Crippen LogP contribution in [-0.4, -0.2) is 40.0 Å². The second-order valence-electron chi connectivity index (χ2n) is 7.72. The lowest BCUT2D eigenvalue weighted by molar-refractivity contribution is -0.119. The third-order valence-corrected chi connectivity index (χ3v) is 6.19. The van der Waals surface area contributed by atoms with Gasteiger partial charge in [-0.15, -0.1) is 0 Å². The monoisotopic (exact) mass is 417 g/mol. The first-order chi connectivity index (χ1) is 14.1. The lowest BCUT2D eigenvalue weighted by Gasteiger charge is -2.17. The number of benzene rings is 1. The van der Waals surface area contributed by atoms with Crippen molar-refractivity contribution < 1.29 is 9.53 Å². The molecule has 3 rings (SSSR count). The molecule has 1 saturated heterocycles. The smallest absolute Gasteiger partial charge is 0.262 e. The van der Waals surface area contributed by atoms with E-state index in [9.17, 15) is 9.59 Å². The standard InChI is InChI=1S/C22H31N3O3S/c1-3-4-5-9-16(2)23-20(26)15-29-22-24-19-12-7-6-11-18(19)21(27)25(22)14-17-10-8-13-28-17/h6-7,11-12,16-17H,3-5,8-10,13-15H2,1-2H3,(H,23,26)/t16-,17-/m0/s1. The summed E-state index contributed by atoms with van der Waals surface area (Å²) in [5.41, 5.74) is 0.596. The fourth-order valence-electron chi connectivity index (χ4n) is 3.63. The molecule has 2 heterocycles. The summed E-state index contributed by atoms with van der Waals surface area (Å²) in [6.07, 6.45) is 6.46. The summed E-state index contributed by atoms with van der Waals surface area (Å²) < 4.78 is 7.41. The molecule has 1 aliphatic rings. The van der Waals surface area contributed by atoms with Gasteiger partial charge in [0.2, 0.25) is 5.91 Å². The zero-order chi connectivity index (χ0) is 20.6. The molecule has 0 unspecified atom stereocenters. The number of aromatic nitrogens is 2. The minimum Gasteiger partial charge on any atom is -0.376 e. The van der Waals surface area contributed by atoms with E-state index >= 15 is 0 Å². The molecule has 6 nitrogen and oxygen atoms in total. The van der Waals surface area contributed by atoms with Crippen molar-refractivity contribution in [1.82, 2.24) is 14.9 Å². The highest BCUT2D eigenvalue weighted by molar-refractivity contribution is 7.99. The van der Waals surface area contributed by atoms with Gasteiger partial charge in [0.15, 0.2) is 5.16 Å². The first kappa shape index (κ1) is 21.8. The Kier molecular flexibility index (Phi) is 8.12. The van der Waals surface area contributed by atoms with Crippen molar-refractivity contribution in [1.29, 1.82) is 0 Å². The Labute approximate surface area is 176 Å². The zero-order valence-corrected chi connectivity index (χ0v) is 18.2. The number of para-hydroxylation sites is 1. The normalized spacial score (nSPS) is 17.5. The quantitative estimate of drug-likeness (QED) is 0.362. The average molecular weight is 418 g/mol. The molecule has 0 radical (unpaired) electrons. The van der Waals surface area contributed by atoms with Crippen LogP contribution in [0.2, 0.25) is 0 Å². The van der Waals surface area contributed by atoms with E-state index in [0.717, 1.165) is 32.3 Å². The lowest BCUT2D eigenvalue weighted by Crippen LogP contribution is -2.34. The molecule has 7 heteroatoms. The Hall–Kier alpha value is -1.86. The predicted molar refractivity (Wildman–Crippen MR) is 117 cm³/mol. The third kappa shape index (κ3) is 6.06. The molecule has 1 amide bonds. The van der Waals surface area contributed by atoms with Crippen molar-refractivity contribution in [2.24, 2.45) is 0 Å². The molecule has 1 aromatic heterocycles. The summed E-state index contributed by atoms with van der Waals surface area (Å²) in [5.74, 6) is 0.221. The van der Waals surface area contributed by atoms with Crippen LogP contribution in [-0.2, 0) is 16.1 Å². The first-order valence-corrected chi connectivity index (χ1v) is 11.6. The Bertz CT molecular complexity index is 877. The van der Waals surface area contributed by atoms with Gasteiger partial charge in [-0.3, -0.25) is 14.2 Å². The van der Waals surface area contributed by atoms with Crippen LogP contribution in [0.5, 0.6) is 0 Å². The molecule has 29 heavy (non-hydrogen) atoms. The number of carbonyl (C=O) groups is 1. The van der Waals surface area contributed by atoms with Gasteiger partial charge in [0.1, 0.15) is 0 Å². The van der Waals surface area contributed by atoms with Crippen molar-refractivity contribution in [3.8, 4) is 0 Å². The van der Waals surface area contributed by atoms with Gasteiger partial charge in [-0.1, -0.05) is 50.1 Å². The van der Waals surface area contributed by atoms with Gasteiger partial charge < -0.3 is 10.1 Å². The van der Waals surface area contributed by atoms with Gasteiger partial charge in [0.05, 0.1) is 29.3 Å². The van der Waals surface area contributed by atoms with Crippen molar-refractivity contribution in [2.45, 2.75) is 76.2 Å². The van der Waals surface area contributed by atoms with Crippen LogP contribution in [0.15, 0.2) is 34.2 Å². The molecular weight excluding hydrogens is 386 g/mol. The zero-order valence-electron chi connectivity index (χ0n) is 17.4. The largest absolute Gasteiger partial charge is 0.376 e. The van der Waals surface area contributed by atoms with Crippen LogP contribution in [0.25, 0.3) is 10.9 Å². The van der Waals surface area contributed by atoms with Crippen molar-refractivity contribution in [3.63, 3.8) is 0 Å². The minimum absolute atomic E-state index is 0.0231. The highest BCUT2D eigenvalue weighted by atomic mass is 32.2. The summed E-state index contributed by atoms with van der Waals surface area (Å²) >= 11 is 1.32. The summed E-state index contributed by atoms with van der Waals surface area (Å²) in [5, 5.41) is 4.24. The van der Waals surface area contributed by atoms with Crippen molar-refractivity contribution in [3.05, 3.63) is 34.6 Å². The third-order valence-electron chi connectivity index (χ3n) is 5.22. The number of thioether (sulfide) groups is 1. The molecule has 158 valence electrons. The number of fused-ring (bicyclic) bond motifs is 1. The van der Waals surface area contributed by atoms with Gasteiger partial charge in [-0.2, -0.15) is 0 Å². The molecule has 1 fully saturated rings. The van der Waals surface area contributed by atoms with E-state index in [1.807, 2.05) is 25.1 Å². The lowest BCUT2D eigenvalue weighted by atomic mass is 10.1. The number of nitrogens with one attached hydrogen (secondary N) is 1. The molecule has 0 saturated carbocycles. The first-order valence-electron chi connectivity index (χ1n) is 10.6. The van der Waals surface area contributed by atoms with Gasteiger partial charge in [0, 0.05) is 12.6 Å². The number of nitrogens with zero attached hydrogens (tertiary/aromatic N) is 2. The molecule has 1 aromatic carbocycles. The predicted octanol–water partition coefficient (Wildman–Crippen LogP) is 3.75. The summed E-state index contributed by atoms with van der Waals surface area (Å²) in [4.78, 5) is 30.1. The number of hydrogen-bond donors (Lipinski definition) is 1. The minimum atomic E-state index is -0.0676. The van der Waals surface area contributed by atoms with Gasteiger partial charge >= 0.3 is 0 Å². The van der Waals surface area contributed by atoms with Crippen LogP contribution in [0, 0.1) is 0 Å². The molecular formula is C22H31N3O3S. The molecule has 1 aliphatic heterocycles. The summed E-state index contributed by atoms with van der Waals surface area (Å²) in [6, 6.07) is 7.52. The second kappa shape index (κ2) is 10.8. The summed E-state index contributed by atoms with van der Waals surface area (Å²) in [7, 11) is 0. The van der Waals surface area contributed by atoms with Crippen LogP contribution < -0.4 is 10.9 Å². The molecule has 0 bridgehead atoms. The number of amides is 1. The molecule has 2 atom stereocenters. The highest BCUT2D eigenvalue weighted by Gasteiger charge is 2.20. The topological polar surface area (TPSA) is 73.2 Å². The molecule has 0 spiro atoms. The van der Waals surface area contributed by atoms with E-state index in [1.165, 1.54) is 24.6 Å². The summed E-state index contributed by atoms with van der Waals surface area (Å²) in [6.45, 7) is 5.43. The van der Waals surface area contributed by atoms with E-state index in [0.29, 0.717) is 22.6 Å². The Morgan fingerprint density at radius 1 is 1.38 bits per heavy atom. The highest BCUT2D eigenvalue weighted by Crippen LogP contribution is 2.21. The Balaban J connectivity index is 1.71. The number of unbranched alkanes of at least 4 members (excludes halogenated alkanes) is 2. The van der Waals surface area contributed by atoms with Crippen molar-refractivity contribution >= 4 is 28.6 Å². The molecule has 0 aliphatic carbocycles. The van der Waals surface area contributed by atoms with Crippen molar-refractivity contribution in [2.75, 3.05) is 12.4 Å².